The first-order chi connectivity index (χ1) is 16.9. The summed E-state index contributed by atoms with van der Waals surface area (Å²) >= 11 is 0. The molecule has 0 atom stereocenters. The summed E-state index contributed by atoms with van der Waals surface area (Å²) in [6, 6.07) is 8.53. The summed E-state index contributed by atoms with van der Waals surface area (Å²) in [5.41, 5.74) is 3.52. The molecule has 178 valence electrons. The van der Waals surface area contributed by atoms with Crippen LogP contribution in [0.4, 0.5) is 5.95 Å². The van der Waals surface area contributed by atoms with E-state index in [2.05, 4.69) is 37.0 Å². The van der Waals surface area contributed by atoms with Gasteiger partial charge in [0, 0.05) is 44.1 Å². The van der Waals surface area contributed by atoms with Gasteiger partial charge in [-0.25, -0.2) is 27.3 Å². The second-order valence-corrected chi connectivity index (χ2v) is 10.5. The van der Waals surface area contributed by atoms with Crippen molar-refractivity contribution in [2.45, 2.75) is 11.8 Å². The van der Waals surface area contributed by atoms with Gasteiger partial charge in [-0.3, -0.25) is 4.40 Å². The third-order valence-corrected chi connectivity index (χ3v) is 7.99. The molecule has 1 aromatic carbocycles. The summed E-state index contributed by atoms with van der Waals surface area (Å²) in [7, 11) is -1.82. The van der Waals surface area contributed by atoms with Crippen LogP contribution in [0.15, 0.2) is 60.1 Å². The SMILES string of the molecule is Cc1ccc(S(=O)(=O)n2cc(-c3ccnc(N4CCN(C)CC4)n3)c3c2ncc2nncn23)cc1. The highest BCUT2D eigenvalue weighted by atomic mass is 32.2. The van der Waals surface area contributed by atoms with Gasteiger partial charge in [0.2, 0.25) is 5.95 Å². The average Bonchev–Trinajstić information content (AvgIpc) is 3.50. The van der Waals surface area contributed by atoms with Gasteiger partial charge < -0.3 is 9.80 Å². The van der Waals surface area contributed by atoms with Crippen LogP contribution in [0.3, 0.4) is 0 Å². The highest BCUT2D eigenvalue weighted by Crippen LogP contribution is 2.32. The number of rotatable bonds is 4. The molecule has 0 radical (unpaired) electrons. The van der Waals surface area contributed by atoms with E-state index in [0.717, 1.165) is 31.7 Å². The average molecular weight is 490 g/mol. The summed E-state index contributed by atoms with van der Waals surface area (Å²) in [4.78, 5) is 18.3. The number of aryl methyl sites for hydroxylation is 1. The maximum Gasteiger partial charge on any atom is 0.269 e. The predicted octanol–water partition coefficient (Wildman–Crippen LogP) is 1.83. The Morgan fingerprint density at radius 3 is 2.51 bits per heavy atom. The van der Waals surface area contributed by atoms with E-state index in [1.807, 2.05) is 6.92 Å². The number of nitrogens with zero attached hydrogens (tertiary/aromatic N) is 9. The Kier molecular flexibility index (Phi) is 5.00. The van der Waals surface area contributed by atoms with E-state index in [1.165, 1.54) is 10.2 Å². The minimum atomic E-state index is -3.92. The quantitative estimate of drug-likeness (QED) is 0.373. The van der Waals surface area contributed by atoms with E-state index in [-0.39, 0.29) is 10.5 Å². The smallest absolute Gasteiger partial charge is 0.269 e. The summed E-state index contributed by atoms with van der Waals surface area (Å²) in [5, 5.41) is 8.08. The van der Waals surface area contributed by atoms with Crippen molar-refractivity contribution in [1.82, 2.24) is 38.4 Å². The zero-order valence-electron chi connectivity index (χ0n) is 19.3. The summed E-state index contributed by atoms with van der Waals surface area (Å²) in [6.07, 6.45) is 6.33. The van der Waals surface area contributed by atoms with Gasteiger partial charge in [-0.1, -0.05) is 17.7 Å². The Hall–Kier alpha value is -3.90. The van der Waals surface area contributed by atoms with E-state index in [9.17, 15) is 8.42 Å². The first-order valence-corrected chi connectivity index (χ1v) is 12.6. The van der Waals surface area contributed by atoms with Gasteiger partial charge in [0.15, 0.2) is 11.3 Å². The molecule has 0 N–H and O–H groups in total. The molecule has 0 saturated carbocycles. The molecular weight excluding hydrogens is 466 g/mol. The Bertz CT molecular complexity index is 1650. The lowest BCUT2D eigenvalue weighted by Gasteiger charge is -2.32. The van der Waals surface area contributed by atoms with Crippen LogP contribution in [0, 0.1) is 6.92 Å². The van der Waals surface area contributed by atoms with Crippen molar-refractivity contribution in [2.24, 2.45) is 0 Å². The maximum absolute atomic E-state index is 13.7. The second-order valence-electron chi connectivity index (χ2n) is 8.68. The number of benzene rings is 1. The fourth-order valence-electron chi connectivity index (χ4n) is 4.29. The van der Waals surface area contributed by atoms with Gasteiger partial charge in [-0.15, -0.1) is 10.2 Å². The molecule has 4 aromatic heterocycles. The second kappa shape index (κ2) is 8.10. The number of hydrogen-bond acceptors (Lipinski definition) is 9. The molecule has 12 heteroatoms. The van der Waals surface area contributed by atoms with Gasteiger partial charge in [0.05, 0.1) is 16.8 Å². The maximum atomic E-state index is 13.7. The molecule has 0 bridgehead atoms. The van der Waals surface area contributed by atoms with Crippen LogP contribution in [-0.2, 0) is 10.0 Å². The van der Waals surface area contributed by atoms with E-state index >= 15 is 0 Å². The lowest BCUT2D eigenvalue weighted by atomic mass is 10.2. The fraction of sp³-hybridized carbons (Fsp3) is 0.261. The number of anilines is 1. The molecule has 1 saturated heterocycles. The highest BCUT2D eigenvalue weighted by Gasteiger charge is 2.26. The fourth-order valence-corrected chi connectivity index (χ4v) is 5.61. The molecule has 35 heavy (non-hydrogen) atoms. The number of fused-ring (bicyclic) bond motifs is 3. The van der Waals surface area contributed by atoms with Gasteiger partial charge in [-0.2, -0.15) is 0 Å². The summed E-state index contributed by atoms with van der Waals surface area (Å²) in [5.74, 6) is 0.613. The predicted molar refractivity (Wildman–Crippen MR) is 131 cm³/mol. The Balaban J connectivity index is 1.55. The van der Waals surface area contributed by atoms with E-state index in [0.29, 0.717) is 28.4 Å². The van der Waals surface area contributed by atoms with Crippen molar-refractivity contribution >= 4 is 32.8 Å². The third kappa shape index (κ3) is 3.61. The van der Waals surface area contributed by atoms with Crippen LogP contribution < -0.4 is 4.90 Å². The van der Waals surface area contributed by atoms with Gasteiger partial charge in [0.25, 0.3) is 10.0 Å². The van der Waals surface area contributed by atoms with Crippen LogP contribution in [0.5, 0.6) is 0 Å². The number of likely N-dealkylation sites (N-methyl/N-ethyl adjacent to an activating group) is 1. The number of aromatic nitrogens is 7. The largest absolute Gasteiger partial charge is 0.338 e. The molecule has 11 nitrogen and oxygen atoms in total. The molecule has 1 aliphatic rings. The Morgan fingerprint density at radius 2 is 1.74 bits per heavy atom. The number of piperazine rings is 1. The van der Waals surface area contributed by atoms with Crippen molar-refractivity contribution in [3.63, 3.8) is 0 Å². The van der Waals surface area contributed by atoms with Crippen LogP contribution in [0.1, 0.15) is 5.56 Å². The molecule has 5 heterocycles. The molecule has 0 aliphatic carbocycles. The van der Waals surface area contributed by atoms with Crippen molar-refractivity contribution in [1.29, 1.82) is 0 Å². The molecule has 1 fully saturated rings. The van der Waals surface area contributed by atoms with Gasteiger partial charge >= 0.3 is 0 Å². The van der Waals surface area contributed by atoms with Crippen molar-refractivity contribution in [3.8, 4) is 11.3 Å². The number of hydrogen-bond donors (Lipinski definition) is 0. The van der Waals surface area contributed by atoms with Crippen LogP contribution in [0.25, 0.3) is 28.1 Å². The standard InChI is InChI=1S/C23H23N9O2S/c1-16-3-5-17(6-4-16)35(33,34)32-14-18(21-22(32)25-13-20-28-26-15-31(20)21)19-7-8-24-23(27-19)30-11-9-29(2)10-12-30/h3-8,13-15H,9-12H2,1-2H3. The zero-order valence-corrected chi connectivity index (χ0v) is 20.1. The normalized spacial score (nSPS) is 15.3. The van der Waals surface area contributed by atoms with Gasteiger partial charge in [0.1, 0.15) is 11.8 Å². The Labute approximate surface area is 201 Å². The summed E-state index contributed by atoms with van der Waals surface area (Å²) < 4.78 is 30.3. The van der Waals surface area contributed by atoms with Crippen LogP contribution >= 0.6 is 0 Å². The first kappa shape index (κ1) is 21.6. The van der Waals surface area contributed by atoms with Gasteiger partial charge in [-0.05, 0) is 32.2 Å². The van der Waals surface area contributed by atoms with Crippen LogP contribution in [-0.4, -0.2) is 80.1 Å². The molecule has 0 amide bonds. The molecule has 1 aliphatic heterocycles. The lowest BCUT2D eigenvalue weighted by Crippen LogP contribution is -2.45. The monoisotopic (exact) mass is 489 g/mol. The zero-order chi connectivity index (χ0) is 24.2. The lowest BCUT2D eigenvalue weighted by molar-refractivity contribution is 0.311. The topological polar surface area (TPSA) is 114 Å². The minimum Gasteiger partial charge on any atom is -0.338 e. The van der Waals surface area contributed by atoms with Crippen LogP contribution in [0.2, 0.25) is 0 Å². The molecule has 0 unspecified atom stereocenters. The van der Waals surface area contributed by atoms with E-state index < -0.39 is 10.0 Å². The molecule has 5 aromatic rings. The third-order valence-electron chi connectivity index (χ3n) is 6.32. The van der Waals surface area contributed by atoms with E-state index in [4.69, 9.17) is 4.98 Å². The van der Waals surface area contributed by atoms with Crippen molar-refractivity contribution < 1.29 is 8.42 Å². The van der Waals surface area contributed by atoms with Crippen molar-refractivity contribution in [2.75, 3.05) is 38.1 Å². The van der Waals surface area contributed by atoms with Crippen molar-refractivity contribution in [3.05, 3.63) is 60.8 Å². The Morgan fingerprint density at radius 1 is 0.971 bits per heavy atom. The summed E-state index contributed by atoms with van der Waals surface area (Å²) in [6.45, 7) is 5.40. The minimum absolute atomic E-state index is 0.179. The molecular formula is C23H23N9O2S. The van der Waals surface area contributed by atoms with E-state index in [1.54, 1.807) is 53.5 Å². The molecule has 6 rings (SSSR count). The first-order valence-electron chi connectivity index (χ1n) is 11.2. The highest BCUT2D eigenvalue weighted by molar-refractivity contribution is 7.90. The molecule has 0 spiro atoms.